The quantitative estimate of drug-likeness (QED) is 0.747. The van der Waals surface area contributed by atoms with Gasteiger partial charge in [0.05, 0.1) is 5.52 Å². The fourth-order valence-electron chi connectivity index (χ4n) is 2.35. The summed E-state index contributed by atoms with van der Waals surface area (Å²) in [5.41, 5.74) is 3.88. The third-order valence-corrected chi connectivity index (χ3v) is 3.72. The number of nitrogens with zero attached hydrogens (tertiary/aromatic N) is 1. The van der Waals surface area contributed by atoms with Crippen LogP contribution in [-0.2, 0) is 6.54 Å². The topological polar surface area (TPSA) is 45.1 Å². The van der Waals surface area contributed by atoms with Gasteiger partial charge in [-0.1, -0.05) is 17.7 Å². The summed E-state index contributed by atoms with van der Waals surface area (Å²) >= 11 is 5.97. The maximum atomic E-state index is 9.86. The Balaban J connectivity index is 1.92. The number of phenols is 1. The van der Waals surface area contributed by atoms with E-state index in [2.05, 4.69) is 10.3 Å². The molecule has 0 amide bonds. The van der Waals surface area contributed by atoms with E-state index in [1.165, 1.54) is 0 Å². The molecule has 106 valence electrons. The van der Waals surface area contributed by atoms with Crippen molar-refractivity contribution in [2.24, 2.45) is 0 Å². The van der Waals surface area contributed by atoms with Crippen LogP contribution < -0.4 is 5.32 Å². The molecule has 0 radical (unpaired) electrons. The Morgan fingerprint density at radius 2 is 2.05 bits per heavy atom. The van der Waals surface area contributed by atoms with Crippen molar-refractivity contribution < 1.29 is 5.11 Å². The Bertz CT molecular complexity index is 802. The van der Waals surface area contributed by atoms with Gasteiger partial charge in [0.1, 0.15) is 5.75 Å². The second-order valence-corrected chi connectivity index (χ2v) is 5.39. The van der Waals surface area contributed by atoms with Crippen molar-refractivity contribution in [1.29, 1.82) is 0 Å². The highest BCUT2D eigenvalue weighted by molar-refractivity contribution is 6.30. The number of pyridine rings is 1. The lowest BCUT2D eigenvalue weighted by atomic mass is 10.1. The Kier molecular flexibility index (Phi) is 3.67. The first-order chi connectivity index (χ1) is 10.1. The maximum absolute atomic E-state index is 9.86. The molecule has 0 aliphatic heterocycles. The van der Waals surface area contributed by atoms with E-state index in [0.717, 1.165) is 27.7 Å². The molecule has 1 heterocycles. The number of rotatable bonds is 3. The van der Waals surface area contributed by atoms with Crippen molar-refractivity contribution in [3.05, 3.63) is 64.8 Å². The fraction of sp³-hybridized carbons (Fsp3) is 0.118. The zero-order chi connectivity index (χ0) is 14.8. The highest BCUT2D eigenvalue weighted by atomic mass is 35.5. The monoisotopic (exact) mass is 298 g/mol. The molecule has 3 rings (SSSR count). The summed E-state index contributed by atoms with van der Waals surface area (Å²) in [6, 6.07) is 13.1. The van der Waals surface area contributed by atoms with Crippen LogP contribution in [0.3, 0.4) is 0 Å². The third-order valence-electron chi connectivity index (χ3n) is 3.48. The van der Waals surface area contributed by atoms with Gasteiger partial charge in [0.2, 0.25) is 0 Å². The van der Waals surface area contributed by atoms with Crippen LogP contribution in [0.5, 0.6) is 5.75 Å². The lowest BCUT2D eigenvalue weighted by molar-refractivity contribution is 0.469. The van der Waals surface area contributed by atoms with Crippen LogP contribution in [0.25, 0.3) is 10.9 Å². The Morgan fingerprint density at radius 1 is 1.19 bits per heavy atom. The van der Waals surface area contributed by atoms with E-state index in [1.807, 2.05) is 31.2 Å². The van der Waals surface area contributed by atoms with Crippen LogP contribution in [0.4, 0.5) is 5.69 Å². The fourth-order valence-corrected chi connectivity index (χ4v) is 2.55. The number of aromatic hydroxyl groups is 1. The number of fused-ring (bicyclic) bond motifs is 1. The number of hydrogen-bond donors (Lipinski definition) is 2. The van der Waals surface area contributed by atoms with Gasteiger partial charge in [0.25, 0.3) is 0 Å². The molecular formula is C17H15ClN2O. The van der Waals surface area contributed by atoms with Gasteiger partial charge in [-0.05, 0) is 48.9 Å². The number of nitrogens with one attached hydrogen (secondary N) is 1. The van der Waals surface area contributed by atoms with Crippen LogP contribution in [0, 0.1) is 6.92 Å². The van der Waals surface area contributed by atoms with Crippen molar-refractivity contribution in [2.45, 2.75) is 13.5 Å². The molecule has 4 heteroatoms. The van der Waals surface area contributed by atoms with Crippen LogP contribution >= 0.6 is 11.6 Å². The Labute approximate surface area is 128 Å². The maximum Gasteiger partial charge on any atom is 0.120 e. The van der Waals surface area contributed by atoms with Gasteiger partial charge in [0, 0.05) is 34.4 Å². The Morgan fingerprint density at radius 3 is 2.90 bits per heavy atom. The summed E-state index contributed by atoms with van der Waals surface area (Å²) in [6.45, 7) is 2.54. The summed E-state index contributed by atoms with van der Waals surface area (Å²) in [5, 5.41) is 14.9. The Hall–Kier alpha value is -2.26. The molecule has 2 aromatic carbocycles. The molecule has 0 aliphatic carbocycles. The summed E-state index contributed by atoms with van der Waals surface area (Å²) in [6.07, 6.45) is 1.79. The molecule has 2 N–H and O–H groups in total. The predicted octanol–water partition coefficient (Wildman–Crippen LogP) is 4.51. The lowest BCUT2D eigenvalue weighted by Gasteiger charge is -2.12. The van der Waals surface area contributed by atoms with E-state index >= 15 is 0 Å². The summed E-state index contributed by atoms with van der Waals surface area (Å²) in [7, 11) is 0. The van der Waals surface area contributed by atoms with Crippen LogP contribution in [0.2, 0.25) is 5.02 Å². The first kappa shape index (κ1) is 13.7. The van der Waals surface area contributed by atoms with Crippen molar-refractivity contribution in [2.75, 3.05) is 5.32 Å². The molecule has 0 saturated carbocycles. The summed E-state index contributed by atoms with van der Waals surface area (Å²) < 4.78 is 0. The van der Waals surface area contributed by atoms with Crippen LogP contribution in [0.1, 0.15) is 11.1 Å². The van der Waals surface area contributed by atoms with Crippen LogP contribution in [0.15, 0.2) is 48.7 Å². The van der Waals surface area contributed by atoms with Gasteiger partial charge in [-0.25, -0.2) is 0 Å². The van der Waals surface area contributed by atoms with Gasteiger partial charge in [0.15, 0.2) is 0 Å². The third kappa shape index (κ3) is 2.78. The SMILES string of the molecule is Cc1ccc(NCc2cc(Cl)ccc2O)c2cccnc12. The standard InChI is InChI=1S/C17H15ClN2O/c1-11-4-6-15(14-3-2-8-19-17(11)14)20-10-12-9-13(18)5-7-16(12)21/h2-9,20-21H,10H2,1H3. The number of hydrogen-bond acceptors (Lipinski definition) is 3. The van der Waals surface area contributed by atoms with Crippen molar-refractivity contribution in [3.63, 3.8) is 0 Å². The van der Waals surface area contributed by atoms with E-state index in [-0.39, 0.29) is 5.75 Å². The first-order valence-electron chi connectivity index (χ1n) is 6.71. The second-order valence-electron chi connectivity index (χ2n) is 4.96. The average molecular weight is 299 g/mol. The zero-order valence-electron chi connectivity index (χ0n) is 11.6. The first-order valence-corrected chi connectivity index (χ1v) is 7.08. The highest BCUT2D eigenvalue weighted by Gasteiger charge is 2.06. The number of anilines is 1. The largest absolute Gasteiger partial charge is 0.508 e. The van der Waals surface area contributed by atoms with E-state index in [1.54, 1.807) is 24.4 Å². The van der Waals surface area contributed by atoms with Crippen molar-refractivity contribution >= 4 is 28.2 Å². The minimum absolute atomic E-state index is 0.237. The van der Waals surface area contributed by atoms with Crippen molar-refractivity contribution in [1.82, 2.24) is 4.98 Å². The molecule has 0 bridgehead atoms. The van der Waals surface area contributed by atoms with E-state index in [9.17, 15) is 5.11 Å². The van der Waals surface area contributed by atoms with E-state index in [0.29, 0.717) is 11.6 Å². The number of aromatic nitrogens is 1. The normalized spacial score (nSPS) is 10.8. The van der Waals surface area contributed by atoms with Crippen LogP contribution in [-0.4, -0.2) is 10.1 Å². The van der Waals surface area contributed by atoms with Gasteiger partial charge >= 0.3 is 0 Å². The minimum Gasteiger partial charge on any atom is -0.508 e. The minimum atomic E-state index is 0.237. The van der Waals surface area contributed by atoms with Crippen molar-refractivity contribution in [3.8, 4) is 5.75 Å². The number of halogens is 1. The second kappa shape index (κ2) is 5.62. The lowest BCUT2D eigenvalue weighted by Crippen LogP contribution is -2.01. The molecule has 0 atom stereocenters. The van der Waals surface area contributed by atoms with E-state index < -0.39 is 0 Å². The molecule has 0 fully saturated rings. The zero-order valence-corrected chi connectivity index (χ0v) is 12.4. The molecule has 0 saturated heterocycles. The predicted molar refractivity (Wildman–Crippen MR) is 86.9 cm³/mol. The smallest absolute Gasteiger partial charge is 0.120 e. The summed E-state index contributed by atoms with van der Waals surface area (Å²) in [5.74, 6) is 0.237. The van der Waals surface area contributed by atoms with Gasteiger partial charge in [-0.3, -0.25) is 4.98 Å². The molecule has 3 aromatic rings. The van der Waals surface area contributed by atoms with E-state index in [4.69, 9.17) is 11.6 Å². The van der Waals surface area contributed by atoms with Gasteiger partial charge < -0.3 is 10.4 Å². The molecule has 3 nitrogen and oxygen atoms in total. The molecule has 0 unspecified atom stereocenters. The molecule has 0 spiro atoms. The van der Waals surface area contributed by atoms with Gasteiger partial charge in [-0.15, -0.1) is 0 Å². The molecule has 21 heavy (non-hydrogen) atoms. The number of phenolic OH excluding ortho intramolecular Hbond substituents is 1. The highest BCUT2D eigenvalue weighted by Crippen LogP contribution is 2.27. The molecule has 1 aromatic heterocycles. The number of aryl methyl sites for hydroxylation is 1. The number of benzene rings is 2. The average Bonchev–Trinajstić information content (AvgIpc) is 2.50. The molecular weight excluding hydrogens is 284 g/mol. The van der Waals surface area contributed by atoms with Gasteiger partial charge in [-0.2, -0.15) is 0 Å². The summed E-state index contributed by atoms with van der Waals surface area (Å²) in [4.78, 5) is 4.42. The molecule has 0 aliphatic rings.